The number of hydrogen-bond acceptors (Lipinski definition) is 2. The van der Waals surface area contributed by atoms with Crippen molar-refractivity contribution in [2.45, 2.75) is 66.3 Å². The molecular formula is C17H36N2. The van der Waals surface area contributed by atoms with Crippen LogP contribution in [0.5, 0.6) is 0 Å². The minimum absolute atomic E-state index is 0.505. The number of nitrogens with zero attached hydrogens (tertiary/aromatic N) is 2. The quantitative estimate of drug-likeness (QED) is 0.721. The largest absolute Gasteiger partial charge is 0.303 e. The van der Waals surface area contributed by atoms with E-state index in [0.29, 0.717) is 5.41 Å². The van der Waals surface area contributed by atoms with E-state index in [0.717, 1.165) is 12.0 Å². The highest BCUT2D eigenvalue weighted by atomic mass is 15.2. The standard InChI is InChI=1S/C17H36N2/c1-7-19(8-2)14-13-18(6)16-11-9-15(10-12-16)17(3,4)5/h15-16H,7-14H2,1-6H3. The van der Waals surface area contributed by atoms with Gasteiger partial charge in [-0.05, 0) is 57.2 Å². The van der Waals surface area contributed by atoms with E-state index >= 15 is 0 Å². The van der Waals surface area contributed by atoms with Crippen LogP contribution in [0.4, 0.5) is 0 Å². The predicted molar refractivity (Wildman–Crippen MR) is 85.6 cm³/mol. The molecule has 1 fully saturated rings. The fourth-order valence-corrected chi connectivity index (χ4v) is 3.40. The van der Waals surface area contributed by atoms with Gasteiger partial charge in [-0.25, -0.2) is 0 Å². The van der Waals surface area contributed by atoms with Gasteiger partial charge in [-0.15, -0.1) is 0 Å². The molecule has 1 aliphatic carbocycles. The monoisotopic (exact) mass is 268 g/mol. The molecule has 114 valence electrons. The van der Waals surface area contributed by atoms with E-state index in [1.165, 1.54) is 51.9 Å². The minimum Gasteiger partial charge on any atom is -0.303 e. The van der Waals surface area contributed by atoms with Gasteiger partial charge in [-0.2, -0.15) is 0 Å². The molecular weight excluding hydrogens is 232 g/mol. The van der Waals surface area contributed by atoms with E-state index in [1.54, 1.807) is 0 Å². The molecule has 0 aromatic rings. The van der Waals surface area contributed by atoms with E-state index in [4.69, 9.17) is 0 Å². The molecule has 0 aromatic heterocycles. The van der Waals surface area contributed by atoms with Gasteiger partial charge in [0.25, 0.3) is 0 Å². The zero-order chi connectivity index (χ0) is 14.5. The second kappa shape index (κ2) is 7.64. The first-order chi connectivity index (χ1) is 8.88. The molecule has 1 aliphatic rings. The van der Waals surface area contributed by atoms with Gasteiger partial charge in [0.05, 0.1) is 0 Å². The zero-order valence-electron chi connectivity index (χ0n) is 14.2. The predicted octanol–water partition coefficient (Wildman–Crippen LogP) is 3.86. The number of hydrogen-bond donors (Lipinski definition) is 0. The maximum Gasteiger partial charge on any atom is 0.0109 e. The van der Waals surface area contributed by atoms with Crippen molar-refractivity contribution in [3.63, 3.8) is 0 Å². The molecule has 1 rings (SSSR count). The lowest BCUT2D eigenvalue weighted by Gasteiger charge is -2.40. The summed E-state index contributed by atoms with van der Waals surface area (Å²) in [6, 6.07) is 0.828. The zero-order valence-corrected chi connectivity index (χ0v) is 14.2. The Morgan fingerprint density at radius 3 is 1.84 bits per heavy atom. The molecule has 0 bridgehead atoms. The molecule has 0 aromatic carbocycles. The topological polar surface area (TPSA) is 6.48 Å². The summed E-state index contributed by atoms with van der Waals surface area (Å²) in [5.74, 6) is 0.930. The normalized spacial score (nSPS) is 25.3. The Balaban J connectivity index is 2.30. The Morgan fingerprint density at radius 1 is 0.895 bits per heavy atom. The summed E-state index contributed by atoms with van der Waals surface area (Å²) in [5, 5.41) is 0. The average Bonchev–Trinajstić information content (AvgIpc) is 2.39. The maximum atomic E-state index is 2.61. The fourth-order valence-electron chi connectivity index (χ4n) is 3.40. The Kier molecular flexibility index (Phi) is 6.82. The summed E-state index contributed by atoms with van der Waals surface area (Å²) in [4.78, 5) is 5.13. The van der Waals surface area contributed by atoms with Crippen molar-refractivity contribution in [3.8, 4) is 0 Å². The lowest BCUT2D eigenvalue weighted by molar-refractivity contribution is 0.104. The first-order valence-electron chi connectivity index (χ1n) is 8.31. The van der Waals surface area contributed by atoms with Crippen LogP contribution < -0.4 is 0 Å². The molecule has 0 atom stereocenters. The fraction of sp³-hybridized carbons (Fsp3) is 1.00. The first-order valence-corrected chi connectivity index (χ1v) is 8.31. The van der Waals surface area contributed by atoms with Crippen molar-refractivity contribution in [1.82, 2.24) is 9.80 Å². The van der Waals surface area contributed by atoms with E-state index in [1.807, 2.05) is 0 Å². The average molecular weight is 268 g/mol. The second-order valence-electron chi connectivity index (χ2n) is 7.38. The van der Waals surface area contributed by atoms with Crippen molar-refractivity contribution < 1.29 is 0 Å². The maximum absolute atomic E-state index is 2.61. The molecule has 1 saturated carbocycles. The third kappa shape index (κ3) is 5.43. The second-order valence-corrected chi connectivity index (χ2v) is 7.38. The molecule has 2 heteroatoms. The molecule has 0 amide bonds. The van der Waals surface area contributed by atoms with Crippen LogP contribution in [0, 0.1) is 11.3 Å². The first kappa shape index (κ1) is 17.0. The molecule has 0 spiro atoms. The Bertz CT molecular complexity index is 232. The highest BCUT2D eigenvalue weighted by molar-refractivity contribution is 4.84. The summed E-state index contributed by atoms with van der Waals surface area (Å²) in [5.41, 5.74) is 0.505. The molecule has 0 radical (unpaired) electrons. The van der Waals surface area contributed by atoms with Crippen LogP contribution in [0.3, 0.4) is 0 Å². The van der Waals surface area contributed by atoms with Crippen LogP contribution in [0.15, 0.2) is 0 Å². The Hall–Kier alpha value is -0.0800. The van der Waals surface area contributed by atoms with E-state index in [2.05, 4.69) is 51.5 Å². The van der Waals surface area contributed by atoms with Crippen LogP contribution in [-0.2, 0) is 0 Å². The summed E-state index contributed by atoms with van der Waals surface area (Å²) >= 11 is 0. The van der Waals surface area contributed by atoms with Crippen molar-refractivity contribution in [3.05, 3.63) is 0 Å². The molecule has 0 heterocycles. The SMILES string of the molecule is CCN(CC)CCN(C)C1CCC(C(C)(C)C)CC1. The third-order valence-electron chi connectivity index (χ3n) is 5.21. The van der Waals surface area contributed by atoms with Crippen molar-refractivity contribution in [2.75, 3.05) is 33.2 Å². The van der Waals surface area contributed by atoms with Crippen LogP contribution in [-0.4, -0.2) is 49.1 Å². The number of rotatable bonds is 6. The van der Waals surface area contributed by atoms with Gasteiger partial charge in [-0.1, -0.05) is 34.6 Å². The molecule has 0 unspecified atom stereocenters. The number of likely N-dealkylation sites (N-methyl/N-ethyl adjacent to an activating group) is 2. The van der Waals surface area contributed by atoms with Gasteiger partial charge < -0.3 is 9.80 Å². The van der Waals surface area contributed by atoms with Crippen LogP contribution >= 0.6 is 0 Å². The summed E-state index contributed by atoms with van der Waals surface area (Å²) in [6.07, 6.45) is 5.64. The highest BCUT2D eigenvalue weighted by Crippen LogP contribution is 2.38. The van der Waals surface area contributed by atoms with Gasteiger partial charge in [0.15, 0.2) is 0 Å². The van der Waals surface area contributed by atoms with Crippen molar-refractivity contribution in [2.24, 2.45) is 11.3 Å². The lowest BCUT2D eigenvalue weighted by atomic mass is 9.71. The van der Waals surface area contributed by atoms with E-state index in [9.17, 15) is 0 Å². The van der Waals surface area contributed by atoms with Crippen LogP contribution in [0.25, 0.3) is 0 Å². The van der Waals surface area contributed by atoms with Crippen LogP contribution in [0.2, 0.25) is 0 Å². The summed E-state index contributed by atoms with van der Waals surface area (Å²) in [7, 11) is 2.32. The molecule has 19 heavy (non-hydrogen) atoms. The Morgan fingerprint density at radius 2 is 1.42 bits per heavy atom. The lowest BCUT2D eigenvalue weighted by Crippen LogP contribution is -2.41. The Labute approximate surface area is 121 Å². The molecule has 0 saturated heterocycles. The van der Waals surface area contributed by atoms with Gasteiger partial charge >= 0.3 is 0 Å². The van der Waals surface area contributed by atoms with Gasteiger partial charge in [-0.3, -0.25) is 0 Å². The minimum atomic E-state index is 0.505. The third-order valence-corrected chi connectivity index (χ3v) is 5.21. The van der Waals surface area contributed by atoms with E-state index in [-0.39, 0.29) is 0 Å². The van der Waals surface area contributed by atoms with E-state index < -0.39 is 0 Å². The van der Waals surface area contributed by atoms with Crippen molar-refractivity contribution in [1.29, 1.82) is 0 Å². The highest BCUT2D eigenvalue weighted by Gasteiger charge is 2.30. The van der Waals surface area contributed by atoms with Gasteiger partial charge in [0, 0.05) is 19.1 Å². The van der Waals surface area contributed by atoms with Crippen LogP contribution in [0.1, 0.15) is 60.3 Å². The smallest absolute Gasteiger partial charge is 0.0109 e. The molecule has 0 aliphatic heterocycles. The molecule has 2 nitrogen and oxygen atoms in total. The molecule has 0 N–H and O–H groups in total. The summed E-state index contributed by atoms with van der Waals surface area (Å²) < 4.78 is 0. The van der Waals surface area contributed by atoms with Gasteiger partial charge in [0.2, 0.25) is 0 Å². The van der Waals surface area contributed by atoms with Crippen molar-refractivity contribution >= 4 is 0 Å². The van der Waals surface area contributed by atoms with Gasteiger partial charge in [0.1, 0.15) is 0 Å². The summed E-state index contributed by atoms with van der Waals surface area (Å²) in [6.45, 7) is 16.6.